The lowest BCUT2D eigenvalue weighted by molar-refractivity contribution is -0.159. The number of nitrogens with zero attached hydrogens (tertiary/aromatic N) is 3. The summed E-state index contributed by atoms with van der Waals surface area (Å²) in [6, 6.07) is 4.51. The number of nitrogens with one attached hydrogen (secondary N) is 1. The minimum atomic E-state index is -0.599. The molecule has 2 fully saturated rings. The molecule has 2 atom stereocenters. The molecule has 0 radical (unpaired) electrons. The first-order valence-electron chi connectivity index (χ1n) is 10.1. The second kappa shape index (κ2) is 10.1. The molecule has 1 aromatic rings. The van der Waals surface area contributed by atoms with Gasteiger partial charge in [0, 0.05) is 12.2 Å². The maximum Gasteiger partial charge on any atom is 0.242 e. The molecule has 1 aromatic heterocycles. The lowest BCUT2D eigenvalue weighted by Gasteiger charge is -2.29. The lowest BCUT2D eigenvalue weighted by atomic mass is 9.91. The minimum absolute atomic E-state index is 0.0756. The third-order valence-corrected chi connectivity index (χ3v) is 5.93. The number of Topliss-reactive ketones (excluding diaryl/α,β-unsaturated/α-hetero) is 1. The topological polar surface area (TPSA) is 103 Å². The number of hydroxylamine groups is 2. The van der Waals surface area contributed by atoms with Crippen molar-refractivity contribution in [3.63, 3.8) is 0 Å². The van der Waals surface area contributed by atoms with E-state index in [2.05, 4.69) is 10.4 Å². The second-order valence-corrected chi connectivity index (χ2v) is 8.21. The zero-order valence-electron chi connectivity index (χ0n) is 16.3. The number of carbonyl (C=O) groups excluding carboxylic acids is 3. The first-order valence-corrected chi connectivity index (χ1v) is 10.5. The van der Waals surface area contributed by atoms with E-state index >= 15 is 0 Å². The highest BCUT2D eigenvalue weighted by Gasteiger charge is 2.38. The first kappa shape index (κ1) is 21.7. The summed E-state index contributed by atoms with van der Waals surface area (Å²) in [6.45, 7) is 0.436. The largest absolute Gasteiger partial charge is 0.297 e. The Bertz CT molecular complexity index is 741. The van der Waals surface area contributed by atoms with Gasteiger partial charge in [-0.25, -0.2) is 15.5 Å². The number of amides is 2. The van der Waals surface area contributed by atoms with E-state index in [-0.39, 0.29) is 24.7 Å². The Kier molecular flexibility index (Phi) is 7.57. The molecule has 2 heterocycles. The number of hydrogen-bond acceptors (Lipinski definition) is 6. The monoisotopic (exact) mass is 422 g/mol. The van der Waals surface area contributed by atoms with Gasteiger partial charge in [-0.2, -0.15) is 0 Å². The summed E-state index contributed by atoms with van der Waals surface area (Å²) >= 11 is 5.90. The highest BCUT2D eigenvalue weighted by atomic mass is 35.5. The number of carbonyl (C=O) groups is 3. The van der Waals surface area contributed by atoms with E-state index in [4.69, 9.17) is 11.6 Å². The molecule has 158 valence electrons. The number of ketones is 1. The van der Waals surface area contributed by atoms with E-state index < -0.39 is 12.0 Å². The van der Waals surface area contributed by atoms with Gasteiger partial charge in [0.2, 0.25) is 12.3 Å². The summed E-state index contributed by atoms with van der Waals surface area (Å²) in [5, 5.41) is 11.9. The van der Waals surface area contributed by atoms with E-state index in [1.54, 1.807) is 18.2 Å². The van der Waals surface area contributed by atoms with Crippen LogP contribution in [0.3, 0.4) is 0 Å². The quantitative estimate of drug-likeness (QED) is 0.273. The molecule has 3 rings (SSSR count). The molecule has 0 unspecified atom stereocenters. The molecule has 1 aliphatic heterocycles. The van der Waals surface area contributed by atoms with E-state index in [1.165, 1.54) is 5.01 Å². The fourth-order valence-electron chi connectivity index (χ4n) is 4.31. The van der Waals surface area contributed by atoms with Gasteiger partial charge in [0.25, 0.3) is 0 Å². The molecule has 9 heteroatoms. The number of pyridine rings is 1. The van der Waals surface area contributed by atoms with Crippen LogP contribution in [0.15, 0.2) is 18.2 Å². The standard InChI is InChI=1S/C20H27ClN4O4/c21-19-7-3-6-16(23-19)11-18(27)17-8-9-22-25(17)20(28)15(12-24(29)13-26)10-14-4-1-2-5-14/h3,6-7,13-15,17,22,29H,1-2,4-5,8-12H2/t15-,17+/m1/s1. The molecule has 2 N–H and O–H groups in total. The van der Waals surface area contributed by atoms with Crippen molar-refractivity contribution in [1.82, 2.24) is 20.5 Å². The fourth-order valence-corrected chi connectivity index (χ4v) is 4.49. The Morgan fingerprint density at radius 2 is 2.10 bits per heavy atom. The van der Waals surface area contributed by atoms with Crippen LogP contribution in [0.1, 0.15) is 44.2 Å². The molecule has 0 aromatic carbocycles. The van der Waals surface area contributed by atoms with Crippen molar-refractivity contribution in [2.45, 2.75) is 51.0 Å². The average molecular weight is 423 g/mol. The molecule has 0 bridgehead atoms. The lowest BCUT2D eigenvalue weighted by Crippen LogP contribution is -2.51. The van der Waals surface area contributed by atoms with Crippen LogP contribution >= 0.6 is 11.6 Å². The van der Waals surface area contributed by atoms with Crippen LogP contribution in [0.25, 0.3) is 0 Å². The molecule has 2 aliphatic rings. The van der Waals surface area contributed by atoms with E-state index in [9.17, 15) is 19.6 Å². The average Bonchev–Trinajstić information content (AvgIpc) is 3.38. The van der Waals surface area contributed by atoms with Crippen LogP contribution in [0.2, 0.25) is 5.15 Å². The van der Waals surface area contributed by atoms with Crippen LogP contribution < -0.4 is 5.43 Å². The van der Waals surface area contributed by atoms with Gasteiger partial charge in [0.05, 0.1) is 18.9 Å². The summed E-state index contributed by atoms with van der Waals surface area (Å²) in [5.74, 6) is -0.531. The van der Waals surface area contributed by atoms with Gasteiger partial charge in [-0.3, -0.25) is 24.6 Å². The minimum Gasteiger partial charge on any atom is -0.297 e. The Labute approximate surface area is 175 Å². The Morgan fingerprint density at radius 3 is 2.79 bits per heavy atom. The van der Waals surface area contributed by atoms with Crippen molar-refractivity contribution in [3.05, 3.63) is 29.0 Å². The van der Waals surface area contributed by atoms with Gasteiger partial charge in [-0.05, 0) is 30.9 Å². The first-order chi connectivity index (χ1) is 14.0. The summed E-state index contributed by atoms with van der Waals surface area (Å²) in [4.78, 5) is 41.1. The van der Waals surface area contributed by atoms with Crippen molar-refractivity contribution >= 4 is 29.7 Å². The molecule has 2 amide bonds. The maximum absolute atomic E-state index is 13.2. The number of aromatic nitrogens is 1. The van der Waals surface area contributed by atoms with Gasteiger partial charge >= 0.3 is 0 Å². The van der Waals surface area contributed by atoms with Crippen LogP contribution in [-0.4, -0.2) is 57.5 Å². The number of hydrazine groups is 1. The predicted molar refractivity (Wildman–Crippen MR) is 106 cm³/mol. The Morgan fingerprint density at radius 1 is 1.34 bits per heavy atom. The Balaban J connectivity index is 1.69. The van der Waals surface area contributed by atoms with Gasteiger partial charge in [0.1, 0.15) is 11.2 Å². The fraction of sp³-hybridized carbons (Fsp3) is 0.600. The number of hydrogen-bond donors (Lipinski definition) is 2. The normalized spacial score (nSPS) is 20.6. The van der Waals surface area contributed by atoms with Crippen molar-refractivity contribution in [3.8, 4) is 0 Å². The smallest absolute Gasteiger partial charge is 0.242 e. The van der Waals surface area contributed by atoms with E-state index in [0.717, 1.165) is 25.7 Å². The molecule has 0 spiro atoms. The van der Waals surface area contributed by atoms with Gasteiger partial charge in [-0.1, -0.05) is 43.4 Å². The summed E-state index contributed by atoms with van der Waals surface area (Å²) in [5.41, 5.74) is 3.57. The molecule has 29 heavy (non-hydrogen) atoms. The van der Waals surface area contributed by atoms with E-state index in [0.29, 0.717) is 47.6 Å². The van der Waals surface area contributed by atoms with Gasteiger partial charge in [-0.15, -0.1) is 0 Å². The van der Waals surface area contributed by atoms with Crippen LogP contribution in [0.5, 0.6) is 0 Å². The molecule has 1 saturated heterocycles. The molecular formula is C20H27ClN4O4. The van der Waals surface area contributed by atoms with Crippen LogP contribution in [0, 0.1) is 11.8 Å². The third kappa shape index (κ3) is 5.74. The van der Waals surface area contributed by atoms with Gasteiger partial charge in [0.15, 0.2) is 5.78 Å². The molecule has 1 aliphatic carbocycles. The molecular weight excluding hydrogens is 396 g/mol. The third-order valence-electron chi connectivity index (χ3n) is 5.72. The Hall–Kier alpha value is -2.03. The van der Waals surface area contributed by atoms with Crippen molar-refractivity contribution in [2.24, 2.45) is 11.8 Å². The number of rotatable bonds is 9. The van der Waals surface area contributed by atoms with E-state index in [1.807, 2.05) is 0 Å². The zero-order chi connectivity index (χ0) is 20.8. The number of halogens is 1. The zero-order valence-corrected chi connectivity index (χ0v) is 17.1. The second-order valence-electron chi connectivity index (χ2n) is 7.83. The van der Waals surface area contributed by atoms with Crippen molar-refractivity contribution in [1.29, 1.82) is 0 Å². The molecule has 8 nitrogen and oxygen atoms in total. The summed E-state index contributed by atoms with van der Waals surface area (Å²) < 4.78 is 0. The van der Waals surface area contributed by atoms with Crippen LogP contribution in [-0.2, 0) is 20.8 Å². The van der Waals surface area contributed by atoms with Gasteiger partial charge < -0.3 is 0 Å². The van der Waals surface area contributed by atoms with Crippen LogP contribution in [0.4, 0.5) is 0 Å². The van der Waals surface area contributed by atoms with Crippen molar-refractivity contribution in [2.75, 3.05) is 13.1 Å². The highest BCUT2D eigenvalue weighted by Crippen LogP contribution is 2.31. The maximum atomic E-state index is 13.2. The summed E-state index contributed by atoms with van der Waals surface area (Å²) in [6.07, 6.45) is 5.87. The predicted octanol–water partition coefficient (Wildman–Crippen LogP) is 2.00. The highest BCUT2D eigenvalue weighted by molar-refractivity contribution is 6.29. The SMILES string of the molecule is O=CN(O)C[C@@H](CC1CCCC1)C(=O)N1NCC[C@H]1C(=O)Cc1cccc(Cl)n1. The van der Waals surface area contributed by atoms with Crippen molar-refractivity contribution < 1.29 is 19.6 Å². The molecule has 1 saturated carbocycles. The summed E-state index contributed by atoms with van der Waals surface area (Å²) in [7, 11) is 0.